The summed E-state index contributed by atoms with van der Waals surface area (Å²) in [6, 6.07) is 6.23. The molecule has 1 fully saturated rings. The van der Waals surface area contributed by atoms with Crippen LogP contribution in [0.2, 0.25) is 0 Å². The van der Waals surface area contributed by atoms with Crippen LogP contribution in [0.3, 0.4) is 0 Å². The minimum Gasteiger partial charge on any atom is -0.481 e. The number of para-hydroxylation sites is 1. The molecular formula is C14H15F2NO3S. The number of alkyl halides is 2. The van der Waals surface area contributed by atoms with Crippen LogP contribution in [0.4, 0.5) is 14.5 Å². The number of nitrogens with one attached hydrogen (secondary N) is 1. The molecular weight excluding hydrogens is 300 g/mol. The highest BCUT2D eigenvalue weighted by atomic mass is 32.2. The zero-order valence-corrected chi connectivity index (χ0v) is 12.3. The van der Waals surface area contributed by atoms with Crippen molar-refractivity contribution in [1.82, 2.24) is 0 Å². The van der Waals surface area contributed by atoms with Crippen LogP contribution >= 0.6 is 11.8 Å². The number of amides is 1. The quantitative estimate of drug-likeness (QED) is 0.818. The van der Waals surface area contributed by atoms with Crippen molar-refractivity contribution in [2.24, 2.45) is 17.3 Å². The van der Waals surface area contributed by atoms with Gasteiger partial charge in [0.05, 0.1) is 17.5 Å². The van der Waals surface area contributed by atoms with Crippen molar-refractivity contribution in [3.8, 4) is 0 Å². The van der Waals surface area contributed by atoms with E-state index in [1.54, 1.807) is 26.0 Å². The van der Waals surface area contributed by atoms with Crippen molar-refractivity contribution in [3.63, 3.8) is 0 Å². The number of thioether (sulfide) groups is 1. The van der Waals surface area contributed by atoms with Gasteiger partial charge in [-0.3, -0.25) is 9.59 Å². The first kappa shape index (κ1) is 15.8. The third-order valence-corrected chi connectivity index (χ3v) is 4.52. The molecule has 1 saturated carbocycles. The summed E-state index contributed by atoms with van der Waals surface area (Å²) < 4.78 is 24.9. The van der Waals surface area contributed by atoms with E-state index in [9.17, 15) is 18.4 Å². The van der Waals surface area contributed by atoms with E-state index < -0.39 is 34.9 Å². The topological polar surface area (TPSA) is 66.4 Å². The van der Waals surface area contributed by atoms with Gasteiger partial charge in [0.15, 0.2) is 0 Å². The zero-order chi connectivity index (χ0) is 15.8. The molecule has 0 radical (unpaired) electrons. The van der Waals surface area contributed by atoms with E-state index in [2.05, 4.69) is 5.32 Å². The number of benzene rings is 1. The molecule has 0 aliphatic heterocycles. The molecule has 7 heteroatoms. The standard InChI is InChI=1S/C14H15F2NO3S/c1-14(2)9(10(14)12(19)20)11(18)17-7-5-3-4-6-8(7)21-13(15)16/h3-6,9-10,13H,1-2H3,(H,17,18)(H,19,20)/t9-,10+/m1/s1. The van der Waals surface area contributed by atoms with Crippen molar-refractivity contribution in [2.75, 3.05) is 5.32 Å². The Kier molecular flexibility index (Phi) is 4.22. The Balaban J connectivity index is 2.13. The van der Waals surface area contributed by atoms with Crippen LogP contribution < -0.4 is 5.32 Å². The van der Waals surface area contributed by atoms with Gasteiger partial charge in [0.2, 0.25) is 5.91 Å². The van der Waals surface area contributed by atoms with Gasteiger partial charge in [-0.1, -0.05) is 37.7 Å². The highest BCUT2D eigenvalue weighted by Crippen LogP contribution is 2.58. The Morgan fingerprint density at radius 3 is 2.43 bits per heavy atom. The zero-order valence-electron chi connectivity index (χ0n) is 11.5. The SMILES string of the molecule is CC1(C)[C@H](C(=O)O)[C@@H]1C(=O)Nc1ccccc1SC(F)F. The fourth-order valence-electron chi connectivity index (χ4n) is 2.57. The number of rotatable bonds is 5. The van der Waals surface area contributed by atoms with E-state index in [-0.39, 0.29) is 10.6 Å². The number of anilines is 1. The summed E-state index contributed by atoms with van der Waals surface area (Å²) in [6.45, 7) is 3.41. The van der Waals surface area contributed by atoms with Crippen LogP contribution in [0.15, 0.2) is 29.2 Å². The van der Waals surface area contributed by atoms with Gasteiger partial charge in [0.1, 0.15) is 0 Å². The van der Waals surface area contributed by atoms with Crippen molar-refractivity contribution in [1.29, 1.82) is 0 Å². The van der Waals surface area contributed by atoms with Gasteiger partial charge in [-0.15, -0.1) is 0 Å². The number of carbonyl (C=O) groups excluding carboxylic acids is 1. The molecule has 0 heterocycles. The van der Waals surface area contributed by atoms with Crippen LogP contribution in [-0.2, 0) is 9.59 Å². The number of carbonyl (C=O) groups is 2. The third kappa shape index (κ3) is 3.18. The van der Waals surface area contributed by atoms with E-state index in [4.69, 9.17) is 5.11 Å². The van der Waals surface area contributed by atoms with Gasteiger partial charge in [0, 0.05) is 4.90 Å². The summed E-state index contributed by atoms with van der Waals surface area (Å²) in [5.74, 6) is -5.45. The summed E-state index contributed by atoms with van der Waals surface area (Å²) in [5, 5.41) is 11.6. The van der Waals surface area contributed by atoms with Crippen LogP contribution in [0.25, 0.3) is 0 Å². The molecule has 0 spiro atoms. The summed E-state index contributed by atoms with van der Waals surface area (Å²) >= 11 is 0.342. The van der Waals surface area contributed by atoms with Crippen molar-refractivity contribution >= 4 is 29.3 Å². The molecule has 0 unspecified atom stereocenters. The second-order valence-corrected chi connectivity index (χ2v) is 6.51. The summed E-state index contributed by atoms with van der Waals surface area (Å²) in [4.78, 5) is 23.5. The molecule has 2 N–H and O–H groups in total. The van der Waals surface area contributed by atoms with E-state index in [1.165, 1.54) is 12.1 Å². The number of carboxylic acids is 1. The monoisotopic (exact) mass is 315 g/mol. The number of aliphatic carboxylic acids is 1. The lowest BCUT2D eigenvalue weighted by Crippen LogP contribution is -2.18. The Morgan fingerprint density at radius 1 is 1.29 bits per heavy atom. The van der Waals surface area contributed by atoms with Crippen molar-refractivity contribution < 1.29 is 23.5 Å². The minimum atomic E-state index is -2.59. The maximum absolute atomic E-state index is 12.5. The van der Waals surface area contributed by atoms with E-state index in [0.29, 0.717) is 11.8 Å². The van der Waals surface area contributed by atoms with Gasteiger partial charge in [0.25, 0.3) is 5.76 Å². The Morgan fingerprint density at radius 2 is 1.90 bits per heavy atom. The second kappa shape index (κ2) is 5.63. The van der Waals surface area contributed by atoms with Gasteiger partial charge in [-0.05, 0) is 17.5 Å². The number of hydrogen-bond acceptors (Lipinski definition) is 3. The van der Waals surface area contributed by atoms with Crippen LogP contribution in [-0.4, -0.2) is 22.7 Å². The largest absolute Gasteiger partial charge is 0.481 e. The smallest absolute Gasteiger partial charge is 0.307 e. The number of halogens is 2. The first-order valence-electron chi connectivity index (χ1n) is 6.32. The van der Waals surface area contributed by atoms with Crippen LogP contribution in [0.5, 0.6) is 0 Å². The molecule has 1 aliphatic rings. The van der Waals surface area contributed by atoms with E-state index in [0.717, 1.165) is 0 Å². The van der Waals surface area contributed by atoms with Gasteiger partial charge in [-0.25, -0.2) is 0 Å². The van der Waals surface area contributed by atoms with E-state index in [1.807, 2.05) is 0 Å². The van der Waals surface area contributed by atoms with Gasteiger partial charge < -0.3 is 10.4 Å². The number of hydrogen-bond donors (Lipinski definition) is 2. The number of carboxylic acid groups (broad SMARTS) is 1. The first-order valence-corrected chi connectivity index (χ1v) is 7.20. The lowest BCUT2D eigenvalue weighted by Gasteiger charge is -2.10. The summed E-state index contributed by atoms with van der Waals surface area (Å²) in [7, 11) is 0. The molecule has 0 saturated heterocycles. The molecule has 1 aromatic rings. The predicted molar refractivity (Wildman–Crippen MR) is 75.3 cm³/mol. The lowest BCUT2D eigenvalue weighted by atomic mass is 10.1. The molecule has 2 atom stereocenters. The first-order chi connectivity index (χ1) is 9.75. The maximum Gasteiger partial charge on any atom is 0.307 e. The van der Waals surface area contributed by atoms with E-state index >= 15 is 0 Å². The van der Waals surface area contributed by atoms with Crippen molar-refractivity contribution in [3.05, 3.63) is 24.3 Å². The maximum atomic E-state index is 12.5. The molecule has 1 aromatic carbocycles. The average Bonchev–Trinajstić information content (AvgIpc) is 2.94. The highest BCUT2D eigenvalue weighted by molar-refractivity contribution is 7.99. The third-order valence-electron chi connectivity index (χ3n) is 3.74. The van der Waals surface area contributed by atoms with Crippen LogP contribution in [0.1, 0.15) is 13.8 Å². The van der Waals surface area contributed by atoms with Crippen LogP contribution in [0, 0.1) is 17.3 Å². The summed E-state index contributed by atoms with van der Waals surface area (Å²) in [5.41, 5.74) is -0.347. The molecule has 1 amide bonds. The van der Waals surface area contributed by atoms with Crippen molar-refractivity contribution in [2.45, 2.75) is 24.5 Å². The predicted octanol–water partition coefficient (Wildman–Crippen LogP) is 3.30. The Hall–Kier alpha value is -1.63. The molecule has 2 rings (SSSR count). The highest BCUT2D eigenvalue weighted by Gasteiger charge is 2.65. The Labute approximate surface area is 124 Å². The van der Waals surface area contributed by atoms with Gasteiger partial charge in [-0.2, -0.15) is 8.78 Å². The normalized spacial score (nSPS) is 22.9. The molecule has 1 aliphatic carbocycles. The fraction of sp³-hybridized carbons (Fsp3) is 0.429. The average molecular weight is 315 g/mol. The van der Waals surface area contributed by atoms with Gasteiger partial charge >= 0.3 is 5.97 Å². The molecule has 114 valence electrons. The molecule has 0 bridgehead atoms. The molecule has 4 nitrogen and oxygen atoms in total. The second-order valence-electron chi connectivity index (χ2n) is 5.48. The molecule has 21 heavy (non-hydrogen) atoms. The fourth-order valence-corrected chi connectivity index (χ4v) is 3.16. The Bertz CT molecular complexity index is 577. The lowest BCUT2D eigenvalue weighted by molar-refractivity contribution is -0.140. The summed E-state index contributed by atoms with van der Waals surface area (Å²) in [6.07, 6.45) is 0. The minimum absolute atomic E-state index is 0.256. The molecule has 0 aromatic heterocycles.